The molecule has 2 aromatic rings. The Kier molecular flexibility index (Phi) is 4.90. The Hall–Kier alpha value is -1.43. The molecule has 0 aliphatic rings. The van der Waals surface area contributed by atoms with E-state index >= 15 is 0 Å². The number of nitrogens with zero attached hydrogens (tertiary/aromatic N) is 2. The predicted octanol–water partition coefficient (Wildman–Crippen LogP) is 2.24. The van der Waals surface area contributed by atoms with Gasteiger partial charge in [-0.1, -0.05) is 6.07 Å². The van der Waals surface area contributed by atoms with E-state index in [0.717, 1.165) is 35.7 Å². The van der Waals surface area contributed by atoms with Gasteiger partial charge in [0.2, 0.25) is 0 Å². The molecule has 0 saturated carbocycles. The molecule has 0 fully saturated rings. The van der Waals surface area contributed by atoms with Crippen LogP contribution in [0.5, 0.6) is 5.75 Å². The molecule has 0 bridgehead atoms. The Balaban J connectivity index is 2.08. The molecule has 0 saturated heterocycles. The average Bonchev–Trinajstić information content (AvgIpc) is 2.91. The van der Waals surface area contributed by atoms with Crippen LogP contribution in [0.4, 0.5) is 0 Å². The zero-order chi connectivity index (χ0) is 13.7. The molecule has 2 rings (SSSR count). The van der Waals surface area contributed by atoms with Gasteiger partial charge >= 0.3 is 0 Å². The Morgan fingerprint density at radius 1 is 1.37 bits per heavy atom. The third-order valence-electron chi connectivity index (χ3n) is 2.94. The Labute approximate surface area is 117 Å². The van der Waals surface area contributed by atoms with E-state index in [4.69, 9.17) is 10.5 Å². The van der Waals surface area contributed by atoms with Crippen molar-refractivity contribution >= 4 is 11.3 Å². The topological polar surface area (TPSA) is 51.4 Å². The predicted molar refractivity (Wildman–Crippen MR) is 78.2 cm³/mol. The number of aromatic nitrogens is 1. The van der Waals surface area contributed by atoms with E-state index in [2.05, 4.69) is 28.4 Å². The summed E-state index contributed by atoms with van der Waals surface area (Å²) in [5, 5.41) is 2.07. The molecule has 2 N–H and O–H groups in total. The molecule has 19 heavy (non-hydrogen) atoms. The number of thiazole rings is 1. The lowest BCUT2D eigenvalue weighted by Gasteiger charge is -2.18. The van der Waals surface area contributed by atoms with Gasteiger partial charge < -0.3 is 10.5 Å². The van der Waals surface area contributed by atoms with Crippen LogP contribution in [-0.4, -0.2) is 24.0 Å². The van der Waals surface area contributed by atoms with Gasteiger partial charge in [0.1, 0.15) is 5.75 Å². The van der Waals surface area contributed by atoms with Crippen molar-refractivity contribution in [3.8, 4) is 5.75 Å². The highest BCUT2D eigenvalue weighted by molar-refractivity contribution is 7.07. The Morgan fingerprint density at radius 2 is 2.21 bits per heavy atom. The lowest BCUT2D eigenvalue weighted by atomic mass is 10.1. The fourth-order valence-electron chi connectivity index (χ4n) is 2.02. The highest BCUT2D eigenvalue weighted by Crippen LogP contribution is 2.21. The van der Waals surface area contributed by atoms with Crippen molar-refractivity contribution < 1.29 is 4.74 Å². The van der Waals surface area contributed by atoms with Crippen LogP contribution in [0.2, 0.25) is 0 Å². The number of hydrogen-bond donors (Lipinski definition) is 1. The maximum absolute atomic E-state index is 5.69. The standard InChI is InChI=1S/C14H19N3OS/c1-17(8-13-9-19-10-16-13)7-12-5-11(6-15)3-4-14(12)18-2/h3-5,9-10H,6-8,15H2,1-2H3. The third kappa shape index (κ3) is 3.76. The number of methoxy groups -OCH3 is 1. The fourth-order valence-corrected chi connectivity index (χ4v) is 2.57. The van der Waals surface area contributed by atoms with Crippen molar-refractivity contribution in [2.45, 2.75) is 19.6 Å². The van der Waals surface area contributed by atoms with Gasteiger partial charge in [-0.2, -0.15) is 0 Å². The van der Waals surface area contributed by atoms with Gasteiger partial charge in [-0.25, -0.2) is 4.98 Å². The second kappa shape index (κ2) is 6.65. The maximum atomic E-state index is 5.69. The lowest BCUT2D eigenvalue weighted by Crippen LogP contribution is -2.18. The van der Waals surface area contributed by atoms with Gasteiger partial charge in [0.25, 0.3) is 0 Å². The minimum Gasteiger partial charge on any atom is -0.496 e. The van der Waals surface area contributed by atoms with E-state index in [-0.39, 0.29) is 0 Å². The minimum absolute atomic E-state index is 0.548. The zero-order valence-electron chi connectivity index (χ0n) is 11.3. The molecule has 0 unspecified atom stereocenters. The van der Waals surface area contributed by atoms with Crippen molar-refractivity contribution in [3.63, 3.8) is 0 Å². The number of ether oxygens (including phenoxy) is 1. The van der Waals surface area contributed by atoms with Crippen LogP contribution < -0.4 is 10.5 Å². The molecule has 1 aromatic heterocycles. The van der Waals surface area contributed by atoms with Gasteiger partial charge in [0.05, 0.1) is 18.3 Å². The number of nitrogens with two attached hydrogens (primary N) is 1. The second-order valence-electron chi connectivity index (χ2n) is 4.50. The highest BCUT2D eigenvalue weighted by Gasteiger charge is 2.08. The van der Waals surface area contributed by atoms with Crippen LogP contribution in [0.25, 0.3) is 0 Å². The summed E-state index contributed by atoms with van der Waals surface area (Å²) in [6, 6.07) is 6.09. The molecule has 0 aliphatic heterocycles. The largest absolute Gasteiger partial charge is 0.496 e. The molecule has 5 heteroatoms. The molecule has 0 spiro atoms. The first kappa shape index (κ1) is 14.0. The van der Waals surface area contributed by atoms with Crippen LogP contribution >= 0.6 is 11.3 Å². The molecule has 0 radical (unpaired) electrons. The maximum Gasteiger partial charge on any atom is 0.123 e. The van der Waals surface area contributed by atoms with Crippen LogP contribution in [0.1, 0.15) is 16.8 Å². The van der Waals surface area contributed by atoms with Crippen LogP contribution in [0.3, 0.4) is 0 Å². The van der Waals surface area contributed by atoms with Crippen molar-refractivity contribution in [2.75, 3.05) is 14.2 Å². The van der Waals surface area contributed by atoms with Gasteiger partial charge in [-0.3, -0.25) is 4.90 Å². The van der Waals surface area contributed by atoms with Crippen LogP contribution in [0.15, 0.2) is 29.1 Å². The summed E-state index contributed by atoms with van der Waals surface area (Å²) < 4.78 is 5.40. The summed E-state index contributed by atoms with van der Waals surface area (Å²) in [6.07, 6.45) is 0. The summed E-state index contributed by atoms with van der Waals surface area (Å²) in [5.74, 6) is 0.905. The van der Waals surface area contributed by atoms with Crippen LogP contribution in [0, 0.1) is 0 Å². The van der Waals surface area contributed by atoms with E-state index in [1.807, 2.05) is 17.6 Å². The Morgan fingerprint density at radius 3 is 2.84 bits per heavy atom. The molecule has 1 aromatic carbocycles. The monoisotopic (exact) mass is 277 g/mol. The van der Waals surface area contributed by atoms with Crippen LogP contribution in [-0.2, 0) is 19.6 Å². The first-order valence-corrected chi connectivity index (χ1v) is 7.08. The van der Waals surface area contributed by atoms with E-state index in [1.54, 1.807) is 18.4 Å². The number of rotatable bonds is 6. The van der Waals surface area contributed by atoms with Crippen molar-refractivity contribution in [1.29, 1.82) is 0 Å². The molecule has 4 nitrogen and oxygen atoms in total. The quantitative estimate of drug-likeness (QED) is 0.880. The van der Waals surface area contributed by atoms with Crippen molar-refractivity contribution in [1.82, 2.24) is 9.88 Å². The number of hydrogen-bond acceptors (Lipinski definition) is 5. The molecule has 0 amide bonds. The second-order valence-corrected chi connectivity index (χ2v) is 5.22. The molecular weight excluding hydrogens is 258 g/mol. The van der Waals surface area contributed by atoms with Gasteiger partial charge in [-0.05, 0) is 24.7 Å². The average molecular weight is 277 g/mol. The van der Waals surface area contributed by atoms with E-state index < -0.39 is 0 Å². The highest BCUT2D eigenvalue weighted by atomic mass is 32.1. The first-order chi connectivity index (χ1) is 9.22. The molecule has 102 valence electrons. The molecular formula is C14H19N3OS. The fraction of sp³-hybridized carbons (Fsp3) is 0.357. The van der Waals surface area contributed by atoms with E-state index in [1.165, 1.54) is 0 Å². The summed E-state index contributed by atoms with van der Waals surface area (Å²) in [5.41, 5.74) is 10.9. The van der Waals surface area contributed by atoms with Gasteiger partial charge in [-0.15, -0.1) is 11.3 Å². The molecule has 0 aliphatic carbocycles. The summed E-state index contributed by atoms with van der Waals surface area (Å²) >= 11 is 1.62. The van der Waals surface area contributed by atoms with Gasteiger partial charge in [0, 0.05) is 30.6 Å². The lowest BCUT2D eigenvalue weighted by molar-refractivity contribution is 0.307. The molecule has 0 atom stereocenters. The number of benzene rings is 1. The van der Waals surface area contributed by atoms with E-state index in [9.17, 15) is 0 Å². The summed E-state index contributed by atoms with van der Waals surface area (Å²) in [6.45, 7) is 2.20. The minimum atomic E-state index is 0.548. The van der Waals surface area contributed by atoms with Crippen molar-refractivity contribution in [2.24, 2.45) is 5.73 Å². The summed E-state index contributed by atoms with van der Waals surface area (Å²) in [4.78, 5) is 6.52. The first-order valence-electron chi connectivity index (χ1n) is 6.14. The molecule has 1 heterocycles. The third-order valence-corrected chi connectivity index (χ3v) is 3.57. The Bertz CT molecular complexity index is 513. The van der Waals surface area contributed by atoms with Crippen molar-refractivity contribution in [3.05, 3.63) is 45.9 Å². The smallest absolute Gasteiger partial charge is 0.123 e. The van der Waals surface area contributed by atoms with E-state index in [0.29, 0.717) is 6.54 Å². The van der Waals surface area contributed by atoms with Gasteiger partial charge in [0.15, 0.2) is 0 Å². The SMILES string of the molecule is COc1ccc(CN)cc1CN(C)Cc1cscn1. The normalized spacial score (nSPS) is 10.9. The zero-order valence-corrected chi connectivity index (χ0v) is 12.1. The summed E-state index contributed by atoms with van der Waals surface area (Å²) in [7, 11) is 3.77.